The molecule has 0 saturated carbocycles. The summed E-state index contributed by atoms with van der Waals surface area (Å²) < 4.78 is 11.6. The third-order valence-electron chi connectivity index (χ3n) is 6.55. The standard InChI is InChI=1S/C30H27N3O5S/c1-17-10-11-18(2)22(14-17)27(34)25-26(33(29(36)28(25)35)30-32-31-19(3)39-30)21-12-13-23(24(15-21)37-4)38-16-20-8-6-5-7-9-20/h5-15,26,34H,16H2,1-4H3. The van der Waals surface area contributed by atoms with Gasteiger partial charge in [-0.2, -0.15) is 0 Å². The Morgan fingerprint density at radius 2 is 1.74 bits per heavy atom. The van der Waals surface area contributed by atoms with E-state index in [-0.39, 0.29) is 16.5 Å². The Morgan fingerprint density at radius 1 is 0.974 bits per heavy atom. The van der Waals surface area contributed by atoms with E-state index in [0.717, 1.165) is 16.7 Å². The van der Waals surface area contributed by atoms with Gasteiger partial charge in [0.05, 0.1) is 18.7 Å². The number of Topliss-reactive ketones (excluding diaryl/α,β-unsaturated/α-hetero) is 1. The van der Waals surface area contributed by atoms with Gasteiger partial charge in [0.25, 0.3) is 5.78 Å². The number of ether oxygens (including phenoxy) is 2. The van der Waals surface area contributed by atoms with E-state index in [9.17, 15) is 14.7 Å². The van der Waals surface area contributed by atoms with Crippen molar-refractivity contribution in [3.8, 4) is 11.5 Å². The van der Waals surface area contributed by atoms with Gasteiger partial charge in [0.2, 0.25) is 5.13 Å². The number of aromatic nitrogens is 2. The van der Waals surface area contributed by atoms with Gasteiger partial charge in [-0.25, -0.2) is 0 Å². The molecular formula is C30H27N3O5S. The van der Waals surface area contributed by atoms with Crippen molar-refractivity contribution in [1.29, 1.82) is 0 Å². The zero-order chi connectivity index (χ0) is 27.7. The lowest BCUT2D eigenvalue weighted by molar-refractivity contribution is -0.132. The van der Waals surface area contributed by atoms with E-state index in [1.807, 2.05) is 56.3 Å². The van der Waals surface area contributed by atoms with Crippen LogP contribution in [0.1, 0.15) is 38.9 Å². The van der Waals surface area contributed by atoms with Crippen LogP contribution in [-0.4, -0.2) is 34.1 Å². The van der Waals surface area contributed by atoms with Crippen molar-refractivity contribution in [2.45, 2.75) is 33.4 Å². The highest BCUT2D eigenvalue weighted by Crippen LogP contribution is 2.45. The van der Waals surface area contributed by atoms with Crippen LogP contribution in [0.25, 0.3) is 5.76 Å². The van der Waals surface area contributed by atoms with E-state index in [4.69, 9.17) is 9.47 Å². The van der Waals surface area contributed by atoms with Gasteiger partial charge in [-0.3, -0.25) is 14.5 Å². The summed E-state index contributed by atoms with van der Waals surface area (Å²) in [6, 6.07) is 19.6. The van der Waals surface area contributed by atoms with Crippen LogP contribution in [0.4, 0.5) is 5.13 Å². The molecule has 1 saturated heterocycles. The third-order valence-corrected chi connectivity index (χ3v) is 7.39. The molecule has 1 aliphatic heterocycles. The fraction of sp³-hybridized carbons (Fsp3) is 0.200. The zero-order valence-corrected chi connectivity index (χ0v) is 22.8. The molecular weight excluding hydrogens is 514 g/mol. The number of rotatable bonds is 7. The van der Waals surface area contributed by atoms with E-state index in [0.29, 0.717) is 34.2 Å². The van der Waals surface area contributed by atoms with Gasteiger partial charge in [-0.15, -0.1) is 10.2 Å². The van der Waals surface area contributed by atoms with E-state index in [1.54, 1.807) is 31.2 Å². The Labute approximate surface area is 230 Å². The van der Waals surface area contributed by atoms with Crippen LogP contribution in [0, 0.1) is 20.8 Å². The third kappa shape index (κ3) is 5.00. The first kappa shape index (κ1) is 26.1. The molecule has 0 bridgehead atoms. The van der Waals surface area contributed by atoms with Crippen molar-refractivity contribution in [1.82, 2.24) is 10.2 Å². The highest BCUT2D eigenvalue weighted by molar-refractivity contribution is 7.15. The first-order valence-electron chi connectivity index (χ1n) is 12.3. The topological polar surface area (TPSA) is 102 Å². The molecule has 5 rings (SSSR count). The number of ketones is 1. The smallest absolute Gasteiger partial charge is 0.301 e. The molecule has 1 atom stereocenters. The number of aliphatic hydroxyl groups excluding tert-OH is 1. The van der Waals surface area contributed by atoms with E-state index < -0.39 is 17.7 Å². The summed E-state index contributed by atoms with van der Waals surface area (Å²) in [6.07, 6.45) is 0. The average molecular weight is 542 g/mol. The number of hydrogen-bond donors (Lipinski definition) is 1. The second-order valence-electron chi connectivity index (χ2n) is 9.28. The summed E-state index contributed by atoms with van der Waals surface area (Å²) in [7, 11) is 1.52. The minimum Gasteiger partial charge on any atom is -0.507 e. The number of carbonyl (C=O) groups excluding carboxylic acids is 2. The molecule has 39 heavy (non-hydrogen) atoms. The lowest BCUT2D eigenvalue weighted by atomic mass is 9.93. The first-order valence-corrected chi connectivity index (χ1v) is 13.1. The summed E-state index contributed by atoms with van der Waals surface area (Å²) in [5, 5.41) is 20.6. The summed E-state index contributed by atoms with van der Waals surface area (Å²) in [5.74, 6) is -0.898. The maximum atomic E-state index is 13.5. The summed E-state index contributed by atoms with van der Waals surface area (Å²) >= 11 is 1.19. The number of methoxy groups -OCH3 is 1. The first-order chi connectivity index (χ1) is 18.8. The Morgan fingerprint density at radius 3 is 2.44 bits per heavy atom. The number of nitrogens with zero attached hydrogens (tertiary/aromatic N) is 3. The van der Waals surface area contributed by atoms with Crippen molar-refractivity contribution in [2.24, 2.45) is 0 Å². The van der Waals surface area contributed by atoms with E-state index >= 15 is 0 Å². The SMILES string of the molecule is COc1cc(C2C(=C(O)c3cc(C)ccc3C)C(=O)C(=O)N2c2nnc(C)s2)ccc1OCc1ccccc1. The maximum Gasteiger partial charge on any atom is 0.301 e. The number of anilines is 1. The summed E-state index contributed by atoms with van der Waals surface area (Å²) in [5.41, 5.74) is 3.70. The molecule has 4 aromatic rings. The molecule has 0 aliphatic carbocycles. The molecule has 1 aromatic heterocycles. The number of aliphatic hydroxyl groups is 1. The maximum absolute atomic E-state index is 13.5. The van der Waals surface area contributed by atoms with Crippen LogP contribution < -0.4 is 14.4 Å². The molecule has 1 amide bonds. The Kier molecular flexibility index (Phi) is 7.17. The number of benzene rings is 3. The fourth-order valence-corrected chi connectivity index (χ4v) is 5.29. The predicted octanol–water partition coefficient (Wildman–Crippen LogP) is 5.68. The molecule has 1 fully saturated rings. The van der Waals surface area contributed by atoms with Crippen LogP contribution in [0.15, 0.2) is 72.3 Å². The van der Waals surface area contributed by atoms with Crippen molar-refractivity contribution in [3.63, 3.8) is 0 Å². The Hall–Kier alpha value is -4.50. The molecule has 1 unspecified atom stereocenters. The van der Waals surface area contributed by atoms with Gasteiger partial charge >= 0.3 is 5.91 Å². The number of carbonyl (C=O) groups is 2. The van der Waals surface area contributed by atoms with Crippen molar-refractivity contribution in [2.75, 3.05) is 12.0 Å². The summed E-state index contributed by atoms with van der Waals surface area (Å²) in [6.45, 7) is 5.85. The highest BCUT2D eigenvalue weighted by Gasteiger charge is 2.48. The van der Waals surface area contributed by atoms with Gasteiger partial charge < -0.3 is 14.6 Å². The van der Waals surface area contributed by atoms with Crippen molar-refractivity contribution in [3.05, 3.63) is 105 Å². The normalized spacial score (nSPS) is 16.5. The van der Waals surface area contributed by atoms with Crippen LogP contribution >= 0.6 is 11.3 Å². The largest absolute Gasteiger partial charge is 0.507 e. The monoisotopic (exact) mass is 541 g/mol. The fourth-order valence-electron chi connectivity index (χ4n) is 4.57. The van der Waals surface area contributed by atoms with Crippen LogP contribution in [0.3, 0.4) is 0 Å². The molecule has 2 heterocycles. The van der Waals surface area contributed by atoms with Crippen molar-refractivity contribution < 1.29 is 24.2 Å². The Bertz CT molecular complexity index is 1600. The van der Waals surface area contributed by atoms with Crippen LogP contribution in [-0.2, 0) is 16.2 Å². The lowest BCUT2D eigenvalue weighted by Crippen LogP contribution is -2.29. The van der Waals surface area contributed by atoms with Crippen molar-refractivity contribution >= 4 is 33.9 Å². The van der Waals surface area contributed by atoms with Gasteiger partial charge in [0.1, 0.15) is 17.4 Å². The van der Waals surface area contributed by atoms with Gasteiger partial charge in [0.15, 0.2) is 11.5 Å². The Balaban J connectivity index is 1.63. The van der Waals surface area contributed by atoms with Gasteiger partial charge in [-0.1, -0.05) is 65.4 Å². The second-order valence-corrected chi connectivity index (χ2v) is 10.4. The average Bonchev–Trinajstić information content (AvgIpc) is 3.48. The predicted molar refractivity (Wildman–Crippen MR) is 149 cm³/mol. The molecule has 0 radical (unpaired) electrons. The number of hydrogen-bond acceptors (Lipinski definition) is 8. The lowest BCUT2D eigenvalue weighted by Gasteiger charge is -2.23. The zero-order valence-electron chi connectivity index (χ0n) is 22.0. The second kappa shape index (κ2) is 10.7. The summed E-state index contributed by atoms with van der Waals surface area (Å²) in [4.78, 5) is 28.1. The molecule has 0 spiro atoms. The van der Waals surface area contributed by atoms with E-state index in [2.05, 4.69) is 10.2 Å². The van der Waals surface area contributed by atoms with E-state index in [1.165, 1.54) is 23.3 Å². The molecule has 3 aromatic carbocycles. The molecule has 198 valence electrons. The molecule has 9 heteroatoms. The number of aryl methyl sites for hydroxylation is 3. The highest BCUT2D eigenvalue weighted by atomic mass is 32.1. The molecule has 1 aliphatic rings. The van der Waals surface area contributed by atoms with Crippen LogP contribution in [0.5, 0.6) is 11.5 Å². The molecule has 8 nitrogen and oxygen atoms in total. The molecule has 1 N–H and O–H groups in total. The van der Waals surface area contributed by atoms with Gasteiger partial charge in [-0.05, 0) is 55.7 Å². The number of amides is 1. The van der Waals surface area contributed by atoms with Gasteiger partial charge in [0, 0.05) is 5.56 Å². The minimum atomic E-state index is -0.950. The quantitative estimate of drug-likeness (QED) is 0.183. The van der Waals surface area contributed by atoms with Crippen LogP contribution in [0.2, 0.25) is 0 Å². The minimum absolute atomic E-state index is 0.0263.